The number of hydrogen-bond acceptors (Lipinski definition) is 7. The minimum absolute atomic E-state index is 0.0563. The first-order valence-electron chi connectivity index (χ1n) is 6.32. The maximum absolute atomic E-state index is 11.1. The first-order valence-corrected chi connectivity index (χ1v) is 7.13. The molecule has 1 heterocycles. The number of aryl methyl sites for hydroxylation is 1. The molecule has 1 aromatic heterocycles. The largest absolute Gasteiger partial charge is 0.308 e. The van der Waals surface area contributed by atoms with Crippen molar-refractivity contribution in [2.75, 3.05) is 5.43 Å². The number of nitrogens with two attached hydrogens (primary N) is 1. The van der Waals surface area contributed by atoms with E-state index in [1.807, 2.05) is 13.8 Å². The highest BCUT2D eigenvalue weighted by molar-refractivity contribution is 7.99. The summed E-state index contributed by atoms with van der Waals surface area (Å²) in [7, 11) is 0. The first-order chi connectivity index (χ1) is 10.1. The number of nitro benzene ring substituents is 1. The number of para-hydroxylation sites is 1. The van der Waals surface area contributed by atoms with E-state index in [0.717, 1.165) is 5.56 Å². The second-order valence-corrected chi connectivity index (χ2v) is 5.27. The van der Waals surface area contributed by atoms with Crippen molar-refractivity contribution in [1.82, 2.24) is 9.97 Å². The first kappa shape index (κ1) is 15.2. The number of benzene rings is 1. The number of hydrogen-bond donors (Lipinski definition) is 2. The number of nitrogens with zero attached hydrogens (tertiary/aromatic N) is 3. The van der Waals surface area contributed by atoms with E-state index in [0.29, 0.717) is 28.0 Å². The highest BCUT2D eigenvalue weighted by atomic mass is 32.2. The summed E-state index contributed by atoms with van der Waals surface area (Å²) in [4.78, 5) is 19.9. The van der Waals surface area contributed by atoms with E-state index in [9.17, 15) is 10.1 Å². The summed E-state index contributed by atoms with van der Waals surface area (Å²) in [5.41, 5.74) is 3.35. The zero-order valence-electron chi connectivity index (χ0n) is 11.7. The van der Waals surface area contributed by atoms with Gasteiger partial charge in [0.1, 0.15) is 16.7 Å². The number of hydrazine groups is 1. The standard InChI is InChI=1S/C13H15N5O2S/c1-3-11-15-12(17-14)8(2)13(16-11)21-10-7-5-4-6-9(10)18(19)20/h4-7H,3,14H2,1-2H3,(H,15,16,17). The number of nitrogens with one attached hydrogen (secondary N) is 1. The van der Waals surface area contributed by atoms with Gasteiger partial charge in [0.05, 0.1) is 9.82 Å². The smallest absolute Gasteiger partial charge is 0.283 e. The average molecular weight is 305 g/mol. The molecule has 1 aromatic carbocycles. The Morgan fingerprint density at radius 2 is 2.10 bits per heavy atom. The molecule has 0 unspecified atom stereocenters. The Labute approximate surface area is 126 Å². The van der Waals surface area contributed by atoms with Crippen LogP contribution >= 0.6 is 11.8 Å². The van der Waals surface area contributed by atoms with Crippen LogP contribution in [0.4, 0.5) is 11.5 Å². The van der Waals surface area contributed by atoms with Gasteiger partial charge in [0.15, 0.2) is 0 Å². The SMILES string of the molecule is CCc1nc(NN)c(C)c(Sc2ccccc2[N+](=O)[O-])n1. The lowest BCUT2D eigenvalue weighted by Gasteiger charge is -2.11. The van der Waals surface area contributed by atoms with Crippen LogP contribution in [0, 0.1) is 17.0 Å². The van der Waals surface area contributed by atoms with Gasteiger partial charge in [-0.05, 0) is 13.0 Å². The van der Waals surface area contributed by atoms with Gasteiger partial charge >= 0.3 is 0 Å². The van der Waals surface area contributed by atoms with Crippen molar-refractivity contribution in [3.8, 4) is 0 Å². The van der Waals surface area contributed by atoms with Crippen molar-refractivity contribution >= 4 is 23.3 Å². The third-order valence-corrected chi connectivity index (χ3v) is 4.02. The van der Waals surface area contributed by atoms with Crippen molar-refractivity contribution in [3.63, 3.8) is 0 Å². The highest BCUT2D eigenvalue weighted by Gasteiger charge is 2.17. The van der Waals surface area contributed by atoms with Gasteiger partial charge in [0.25, 0.3) is 5.69 Å². The molecule has 0 saturated carbocycles. The van der Waals surface area contributed by atoms with Crippen LogP contribution in [0.1, 0.15) is 18.3 Å². The molecule has 0 aliphatic carbocycles. The van der Waals surface area contributed by atoms with Crippen molar-refractivity contribution in [2.24, 2.45) is 5.84 Å². The Hall–Kier alpha value is -2.19. The third kappa shape index (κ3) is 3.29. The molecule has 2 rings (SSSR count). The van der Waals surface area contributed by atoms with Gasteiger partial charge in [-0.15, -0.1) is 0 Å². The van der Waals surface area contributed by atoms with Gasteiger partial charge < -0.3 is 5.43 Å². The molecule has 7 nitrogen and oxygen atoms in total. The van der Waals surface area contributed by atoms with E-state index in [1.54, 1.807) is 18.2 Å². The highest BCUT2D eigenvalue weighted by Crippen LogP contribution is 2.36. The van der Waals surface area contributed by atoms with Crippen LogP contribution < -0.4 is 11.3 Å². The number of rotatable bonds is 5. The Bertz CT molecular complexity index is 678. The zero-order valence-corrected chi connectivity index (χ0v) is 12.5. The van der Waals surface area contributed by atoms with Crippen molar-refractivity contribution in [3.05, 3.63) is 45.8 Å². The minimum Gasteiger partial charge on any atom is -0.308 e. The Morgan fingerprint density at radius 1 is 1.38 bits per heavy atom. The second kappa shape index (κ2) is 6.51. The van der Waals surface area contributed by atoms with Crippen molar-refractivity contribution < 1.29 is 4.92 Å². The lowest BCUT2D eigenvalue weighted by molar-refractivity contribution is -0.387. The quantitative estimate of drug-likeness (QED) is 0.378. The number of nitro groups is 1. The molecular formula is C13H15N5O2S. The van der Waals surface area contributed by atoms with E-state index in [1.165, 1.54) is 17.8 Å². The molecule has 8 heteroatoms. The molecule has 0 fully saturated rings. The molecule has 0 aliphatic heterocycles. The van der Waals surface area contributed by atoms with Gasteiger partial charge in [-0.1, -0.05) is 30.8 Å². The van der Waals surface area contributed by atoms with E-state index in [4.69, 9.17) is 5.84 Å². The van der Waals surface area contributed by atoms with Gasteiger partial charge in [0, 0.05) is 18.1 Å². The minimum atomic E-state index is -0.401. The van der Waals surface area contributed by atoms with Gasteiger partial charge in [-0.2, -0.15) is 0 Å². The Kier molecular flexibility index (Phi) is 4.71. The molecule has 0 aliphatic rings. The molecule has 0 saturated heterocycles. The van der Waals surface area contributed by atoms with Crippen LogP contribution in [0.25, 0.3) is 0 Å². The zero-order chi connectivity index (χ0) is 15.4. The van der Waals surface area contributed by atoms with E-state index < -0.39 is 4.92 Å². The lowest BCUT2D eigenvalue weighted by Crippen LogP contribution is -2.13. The summed E-state index contributed by atoms with van der Waals surface area (Å²) in [5.74, 6) is 6.62. The van der Waals surface area contributed by atoms with Crippen LogP contribution in [0.5, 0.6) is 0 Å². The van der Waals surface area contributed by atoms with Crippen LogP contribution in [0.15, 0.2) is 34.2 Å². The maximum Gasteiger partial charge on any atom is 0.283 e. The predicted molar refractivity (Wildman–Crippen MR) is 81.2 cm³/mol. The topological polar surface area (TPSA) is 107 Å². The predicted octanol–water partition coefficient (Wildman–Crippen LogP) is 2.69. The molecular weight excluding hydrogens is 290 g/mol. The van der Waals surface area contributed by atoms with E-state index in [2.05, 4.69) is 15.4 Å². The third-order valence-electron chi connectivity index (χ3n) is 2.87. The summed E-state index contributed by atoms with van der Waals surface area (Å²) in [6, 6.07) is 6.57. The molecule has 0 bridgehead atoms. The Morgan fingerprint density at radius 3 is 2.71 bits per heavy atom. The molecule has 3 N–H and O–H groups in total. The molecule has 0 amide bonds. The van der Waals surface area contributed by atoms with Gasteiger partial charge in [-0.3, -0.25) is 10.1 Å². The van der Waals surface area contributed by atoms with E-state index in [-0.39, 0.29) is 5.69 Å². The summed E-state index contributed by atoms with van der Waals surface area (Å²) in [6.07, 6.45) is 0.652. The van der Waals surface area contributed by atoms with Crippen molar-refractivity contribution in [2.45, 2.75) is 30.2 Å². The maximum atomic E-state index is 11.1. The monoisotopic (exact) mass is 305 g/mol. The number of nitrogen functional groups attached to an aromatic ring is 1. The summed E-state index contributed by atoms with van der Waals surface area (Å²) in [5, 5.41) is 11.7. The molecule has 0 atom stereocenters. The Balaban J connectivity index is 2.47. The summed E-state index contributed by atoms with van der Waals surface area (Å²) in [6.45, 7) is 3.76. The molecule has 21 heavy (non-hydrogen) atoms. The molecule has 2 aromatic rings. The van der Waals surface area contributed by atoms with Crippen molar-refractivity contribution in [1.29, 1.82) is 0 Å². The fourth-order valence-corrected chi connectivity index (χ4v) is 2.74. The lowest BCUT2D eigenvalue weighted by atomic mass is 10.3. The van der Waals surface area contributed by atoms with Crippen LogP contribution in [0.2, 0.25) is 0 Å². The summed E-state index contributed by atoms with van der Waals surface area (Å²) >= 11 is 1.24. The molecule has 0 spiro atoms. The van der Waals surface area contributed by atoms with Crippen LogP contribution in [-0.2, 0) is 6.42 Å². The van der Waals surface area contributed by atoms with Gasteiger partial charge in [-0.25, -0.2) is 15.8 Å². The van der Waals surface area contributed by atoms with Crippen LogP contribution in [-0.4, -0.2) is 14.9 Å². The summed E-state index contributed by atoms with van der Waals surface area (Å²) < 4.78 is 0. The van der Waals surface area contributed by atoms with Crippen LogP contribution in [0.3, 0.4) is 0 Å². The normalized spacial score (nSPS) is 10.4. The second-order valence-electron chi connectivity index (χ2n) is 4.24. The molecule has 0 radical (unpaired) electrons. The number of aromatic nitrogens is 2. The van der Waals surface area contributed by atoms with Gasteiger partial charge in [0.2, 0.25) is 0 Å². The number of anilines is 1. The fraction of sp³-hybridized carbons (Fsp3) is 0.231. The fourth-order valence-electron chi connectivity index (χ4n) is 1.74. The molecule has 110 valence electrons. The van der Waals surface area contributed by atoms with E-state index >= 15 is 0 Å². The average Bonchev–Trinajstić information content (AvgIpc) is 2.49.